The third kappa shape index (κ3) is 2.36. The number of aryl methyl sites for hydroxylation is 1. The van der Waals surface area contributed by atoms with Crippen LogP contribution in [0.3, 0.4) is 0 Å². The first-order valence-corrected chi connectivity index (χ1v) is 5.50. The molecule has 0 radical (unpaired) electrons. The van der Waals surface area contributed by atoms with Crippen LogP contribution in [0, 0.1) is 6.92 Å². The van der Waals surface area contributed by atoms with Gasteiger partial charge in [-0.05, 0) is 30.2 Å². The van der Waals surface area contributed by atoms with Crippen LogP contribution in [0.2, 0.25) is 0 Å². The molecule has 0 spiro atoms. The molecule has 3 nitrogen and oxygen atoms in total. The first-order valence-electron chi connectivity index (χ1n) is 4.97. The SMILES string of the molecule is Cc1cc2c(cc1CNCCl)OCCO2. The van der Waals surface area contributed by atoms with Gasteiger partial charge in [-0.3, -0.25) is 5.32 Å². The molecular formula is C11H14ClNO2. The zero-order chi connectivity index (χ0) is 10.7. The Kier molecular flexibility index (Phi) is 3.34. The summed E-state index contributed by atoms with van der Waals surface area (Å²) in [6.45, 7) is 4.07. The summed E-state index contributed by atoms with van der Waals surface area (Å²) in [5.74, 6) is 1.67. The van der Waals surface area contributed by atoms with Crippen LogP contribution in [0.1, 0.15) is 11.1 Å². The van der Waals surface area contributed by atoms with Crippen molar-refractivity contribution in [2.45, 2.75) is 13.5 Å². The number of halogens is 1. The van der Waals surface area contributed by atoms with Gasteiger partial charge >= 0.3 is 0 Å². The molecule has 0 aliphatic carbocycles. The van der Waals surface area contributed by atoms with E-state index in [9.17, 15) is 0 Å². The lowest BCUT2D eigenvalue weighted by Gasteiger charge is -2.20. The van der Waals surface area contributed by atoms with Crippen LogP contribution < -0.4 is 14.8 Å². The fourth-order valence-corrected chi connectivity index (χ4v) is 1.70. The largest absolute Gasteiger partial charge is 0.486 e. The second-order valence-corrected chi connectivity index (χ2v) is 3.75. The number of rotatable bonds is 3. The molecule has 82 valence electrons. The van der Waals surface area contributed by atoms with Gasteiger partial charge in [-0.15, -0.1) is 11.6 Å². The van der Waals surface area contributed by atoms with E-state index in [4.69, 9.17) is 21.1 Å². The quantitative estimate of drug-likeness (QED) is 0.633. The maximum atomic E-state index is 5.58. The molecule has 0 bridgehead atoms. The normalized spacial score (nSPS) is 14.0. The summed E-state index contributed by atoms with van der Waals surface area (Å²) in [5, 5.41) is 3.08. The molecule has 15 heavy (non-hydrogen) atoms. The fraction of sp³-hybridized carbons (Fsp3) is 0.455. The van der Waals surface area contributed by atoms with E-state index in [-0.39, 0.29) is 0 Å². The molecule has 0 fully saturated rings. The maximum absolute atomic E-state index is 5.58. The molecule has 0 atom stereocenters. The van der Waals surface area contributed by atoms with Gasteiger partial charge < -0.3 is 9.47 Å². The number of fused-ring (bicyclic) bond motifs is 1. The van der Waals surface area contributed by atoms with Crippen LogP contribution in [0.5, 0.6) is 11.5 Å². The van der Waals surface area contributed by atoms with E-state index in [1.54, 1.807) is 0 Å². The predicted molar refractivity (Wildman–Crippen MR) is 59.7 cm³/mol. The van der Waals surface area contributed by atoms with Gasteiger partial charge in [0, 0.05) is 6.54 Å². The van der Waals surface area contributed by atoms with Crippen molar-refractivity contribution >= 4 is 11.6 Å². The van der Waals surface area contributed by atoms with Crippen molar-refractivity contribution in [2.75, 3.05) is 19.2 Å². The first kappa shape index (κ1) is 10.6. The summed E-state index contributed by atoms with van der Waals surface area (Å²) >= 11 is 5.58. The number of hydrogen-bond donors (Lipinski definition) is 1. The van der Waals surface area contributed by atoms with Gasteiger partial charge in [-0.1, -0.05) is 0 Å². The fourth-order valence-electron chi connectivity index (χ4n) is 1.60. The summed E-state index contributed by atoms with van der Waals surface area (Å²) in [4.78, 5) is 0. The lowest BCUT2D eigenvalue weighted by atomic mass is 10.1. The molecule has 1 aromatic carbocycles. The summed E-state index contributed by atoms with van der Waals surface area (Å²) in [5.41, 5.74) is 2.39. The summed E-state index contributed by atoms with van der Waals surface area (Å²) in [6.07, 6.45) is 0. The third-order valence-electron chi connectivity index (χ3n) is 2.41. The van der Waals surface area contributed by atoms with Gasteiger partial charge in [-0.2, -0.15) is 0 Å². The number of nitrogens with one attached hydrogen (secondary N) is 1. The molecule has 1 aromatic rings. The predicted octanol–water partition coefficient (Wildman–Crippen LogP) is 2.05. The standard InChI is InChI=1S/C11H14ClNO2/c1-8-4-10-11(15-3-2-14-10)5-9(8)6-13-7-12/h4-5,13H,2-3,6-7H2,1H3. The second kappa shape index (κ2) is 4.73. The zero-order valence-corrected chi connectivity index (χ0v) is 9.43. The van der Waals surface area contributed by atoms with Crippen LogP contribution in [-0.2, 0) is 6.54 Å². The van der Waals surface area contributed by atoms with Crippen LogP contribution >= 0.6 is 11.6 Å². The Bertz CT molecular complexity index is 355. The molecule has 1 aliphatic heterocycles. The molecule has 1 heterocycles. The Labute approximate surface area is 94.3 Å². The highest BCUT2D eigenvalue weighted by atomic mass is 35.5. The zero-order valence-electron chi connectivity index (χ0n) is 8.68. The van der Waals surface area contributed by atoms with Crippen molar-refractivity contribution < 1.29 is 9.47 Å². The minimum Gasteiger partial charge on any atom is -0.486 e. The van der Waals surface area contributed by atoms with Gasteiger partial charge in [0.25, 0.3) is 0 Å². The maximum Gasteiger partial charge on any atom is 0.161 e. The van der Waals surface area contributed by atoms with E-state index >= 15 is 0 Å². The Morgan fingerprint density at radius 1 is 1.27 bits per heavy atom. The monoisotopic (exact) mass is 227 g/mol. The molecular weight excluding hydrogens is 214 g/mol. The van der Waals surface area contributed by atoms with Crippen LogP contribution in [0.15, 0.2) is 12.1 Å². The van der Waals surface area contributed by atoms with Gasteiger partial charge in [0.1, 0.15) is 13.2 Å². The lowest BCUT2D eigenvalue weighted by molar-refractivity contribution is 0.171. The molecule has 1 N–H and O–H groups in total. The topological polar surface area (TPSA) is 30.5 Å². The van der Waals surface area contributed by atoms with E-state index in [1.807, 2.05) is 12.1 Å². The number of benzene rings is 1. The van der Waals surface area contributed by atoms with Gasteiger partial charge in [0.15, 0.2) is 11.5 Å². The van der Waals surface area contributed by atoms with Crippen molar-refractivity contribution in [3.63, 3.8) is 0 Å². The minimum absolute atomic E-state index is 0.452. The highest BCUT2D eigenvalue weighted by Crippen LogP contribution is 2.32. The Hall–Kier alpha value is -0.930. The Balaban J connectivity index is 2.24. The van der Waals surface area contributed by atoms with Crippen molar-refractivity contribution in [1.29, 1.82) is 0 Å². The average Bonchev–Trinajstić information content (AvgIpc) is 2.26. The third-order valence-corrected chi connectivity index (χ3v) is 2.60. The van der Waals surface area contributed by atoms with Crippen molar-refractivity contribution in [2.24, 2.45) is 0 Å². The van der Waals surface area contributed by atoms with Crippen LogP contribution in [-0.4, -0.2) is 19.2 Å². The highest BCUT2D eigenvalue weighted by molar-refractivity contribution is 6.17. The molecule has 0 saturated heterocycles. The molecule has 0 unspecified atom stereocenters. The molecule has 0 saturated carbocycles. The summed E-state index contributed by atoms with van der Waals surface area (Å²) < 4.78 is 11.0. The Morgan fingerprint density at radius 2 is 1.93 bits per heavy atom. The second-order valence-electron chi connectivity index (χ2n) is 3.48. The molecule has 1 aliphatic rings. The number of hydrogen-bond acceptors (Lipinski definition) is 3. The smallest absolute Gasteiger partial charge is 0.161 e. The molecule has 2 rings (SSSR count). The lowest BCUT2D eigenvalue weighted by Crippen LogP contribution is -2.17. The van der Waals surface area contributed by atoms with Crippen molar-refractivity contribution in [3.05, 3.63) is 23.3 Å². The number of ether oxygens (including phenoxy) is 2. The molecule has 4 heteroatoms. The minimum atomic E-state index is 0.452. The molecule has 0 aromatic heterocycles. The Morgan fingerprint density at radius 3 is 2.60 bits per heavy atom. The van der Waals surface area contributed by atoms with Crippen LogP contribution in [0.4, 0.5) is 0 Å². The first-order chi connectivity index (χ1) is 7.31. The number of alkyl halides is 1. The van der Waals surface area contributed by atoms with E-state index in [0.717, 1.165) is 18.0 Å². The van der Waals surface area contributed by atoms with Gasteiger partial charge in [0.2, 0.25) is 0 Å². The molecule has 0 amide bonds. The van der Waals surface area contributed by atoms with E-state index < -0.39 is 0 Å². The summed E-state index contributed by atoms with van der Waals surface area (Å²) in [6, 6.07) is 4.48. The average molecular weight is 228 g/mol. The van der Waals surface area contributed by atoms with E-state index in [0.29, 0.717) is 19.2 Å². The van der Waals surface area contributed by atoms with Gasteiger partial charge in [-0.25, -0.2) is 0 Å². The van der Waals surface area contributed by atoms with E-state index in [2.05, 4.69) is 12.2 Å². The van der Waals surface area contributed by atoms with Crippen molar-refractivity contribution in [3.8, 4) is 11.5 Å². The van der Waals surface area contributed by atoms with Crippen molar-refractivity contribution in [1.82, 2.24) is 5.32 Å². The highest BCUT2D eigenvalue weighted by Gasteiger charge is 2.13. The summed E-state index contributed by atoms with van der Waals surface area (Å²) in [7, 11) is 0. The van der Waals surface area contributed by atoms with Gasteiger partial charge in [0.05, 0.1) is 6.00 Å². The van der Waals surface area contributed by atoms with E-state index in [1.165, 1.54) is 11.1 Å². The van der Waals surface area contributed by atoms with Crippen LogP contribution in [0.25, 0.3) is 0 Å².